The quantitative estimate of drug-likeness (QED) is 0.357. The van der Waals surface area contributed by atoms with Crippen molar-refractivity contribution in [3.8, 4) is 0 Å². The molecule has 1 aliphatic rings. The van der Waals surface area contributed by atoms with Crippen molar-refractivity contribution in [2.45, 2.75) is 24.2 Å². The van der Waals surface area contributed by atoms with Gasteiger partial charge in [0.2, 0.25) is 20.0 Å². The van der Waals surface area contributed by atoms with Gasteiger partial charge in [0.15, 0.2) is 0 Å². The molecule has 0 saturated carbocycles. The Morgan fingerprint density at radius 2 is 1.51 bits per heavy atom. The zero-order chi connectivity index (χ0) is 31.6. The van der Waals surface area contributed by atoms with Crippen molar-refractivity contribution in [1.82, 2.24) is 4.31 Å². The maximum Gasteiger partial charge on any atom is 0.315 e. The summed E-state index contributed by atoms with van der Waals surface area (Å²) in [6, 6.07) is 19.8. The van der Waals surface area contributed by atoms with E-state index in [4.69, 9.17) is 4.74 Å². The Labute approximate surface area is 253 Å². The maximum absolute atomic E-state index is 13.4. The zero-order valence-electron chi connectivity index (χ0n) is 24.8. The molecule has 230 valence electrons. The average Bonchev–Trinajstić information content (AvgIpc) is 3.00. The number of hydrogen-bond donors (Lipinski definition) is 1. The molecule has 0 aliphatic carbocycles. The molecular weight excluding hydrogens is 592 g/mol. The fourth-order valence-electron chi connectivity index (χ4n) is 4.83. The van der Waals surface area contributed by atoms with Crippen molar-refractivity contribution in [2.24, 2.45) is 0 Å². The first-order chi connectivity index (χ1) is 20.2. The first-order valence-corrected chi connectivity index (χ1v) is 16.8. The van der Waals surface area contributed by atoms with Crippen LogP contribution >= 0.6 is 0 Å². The Hall–Kier alpha value is -3.94. The highest BCUT2D eigenvalue weighted by Crippen LogP contribution is 2.30. The Bertz CT molecular complexity index is 1720. The molecule has 11 nitrogen and oxygen atoms in total. The summed E-state index contributed by atoms with van der Waals surface area (Å²) >= 11 is 0. The molecule has 13 heteroatoms. The lowest BCUT2D eigenvalue weighted by molar-refractivity contribution is -0.146. The van der Waals surface area contributed by atoms with Crippen molar-refractivity contribution in [3.63, 3.8) is 0 Å². The fraction of sp³-hybridized carbons (Fsp3) is 0.333. The number of hydrogen-bond acceptors (Lipinski definition) is 8. The molecule has 0 atom stereocenters. The summed E-state index contributed by atoms with van der Waals surface area (Å²) in [6.07, 6.45) is 1.05. The molecule has 1 N–H and O–H groups in total. The van der Waals surface area contributed by atoms with Gasteiger partial charge in [0.1, 0.15) is 0 Å². The van der Waals surface area contributed by atoms with E-state index in [0.717, 1.165) is 21.8 Å². The van der Waals surface area contributed by atoms with Gasteiger partial charge in [-0.15, -0.1) is 0 Å². The van der Waals surface area contributed by atoms with Crippen LogP contribution < -0.4 is 14.5 Å². The van der Waals surface area contributed by atoms with Crippen LogP contribution in [-0.4, -0.2) is 79.6 Å². The van der Waals surface area contributed by atoms with Gasteiger partial charge in [-0.25, -0.2) is 16.8 Å². The number of benzene rings is 3. The van der Waals surface area contributed by atoms with Crippen LogP contribution in [0, 0.1) is 0 Å². The van der Waals surface area contributed by atoms with E-state index in [2.05, 4.69) is 10.2 Å². The zero-order valence-corrected chi connectivity index (χ0v) is 26.4. The number of nitrogens with one attached hydrogen (secondary N) is 1. The van der Waals surface area contributed by atoms with Gasteiger partial charge in [0, 0.05) is 44.6 Å². The third kappa shape index (κ3) is 6.84. The lowest BCUT2D eigenvalue weighted by atomic mass is 9.84. The highest BCUT2D eigenvalue weighted by Gasteiger charge is 2.32. The first kappa shape index (κ1) is 32.0. The molecule has 0 unspecified atom stereocenters. The van der Waals surface area contributed by atoms with Crippen molar-refractivity contribution in [3.05, 3.63) is 83.9 Å². The second-order valence-corrected chi connectivity index (χ2v) is 14.7. The van der Waals surface area contributed by atoms with E-state index in [0.29, 0.717) is 18.8 Å². The molecule has 43 heavy (non-hydrogen) atoms. The van der Waals surface area contributed by atoms with E-state index in [-0.39, 0.29) is 35.2 Å². The number of carbonyl (C=O) groups excluding carboxylic acids is 2. The number of sulfonamides is 2. The first-order valence-electron chi connectivity index (χ1n) is 13.5. The Kier molecular flexibility index (Phi) is 9.19. The van der Waals surface area contributed by atoms with Crippen LogP contribution in [0.1, 0.15) is 29.8 Å². The number of amides is 1. The lowest BCUT2D eigenvalue weighted by Crippen LogP contribution is -2.48. The highest BCUT2D eigenvalue weighted by molar-refractivity contribution is 7.92. The fourth-order valence-corrected chi connectivity index (χ4v) is 6.77. The summed E-state index contributed by atoms with van der Waals surface area (Å²) in [5, 5.41) is 2.71. The number of piperazine rings is 1. The van der Waals surface area contributed by atoms with Gasteiger partial charge >= 0.3 is 5.97 Å². The molecule has 1 fully saturated rings. The monoisotopic (exact) mass is 628 g/mol. The molecular formula is C30H36N4O7S2. The molecule has 1 aliphatic heterocycles. The second-order valence-electron chi connectivity index (χ2n) is 10.8. The minimum Gasteiger partial charge on any atom is -0.468 e. The van der Waals surface area contributed by atoms with E-state index in [1.165, 1.54) is 54.9 Å². The molecule has 1 heterocycles. The number of ether oxygens (including phenoxy) is 1. The molecule has 0 spiro atoms. The standard InChI is InChI=1S/C30H36N4O7S2/c1-30(2,29(36)41-4)22-9-8-10-24(21-22)33-17-19-34(20-18-33)43(39,40)25-15-13-23(14-16-25)31-28(35)26-11-6-7-12-27(26)32(3)42(5,37)38/h6-16,21H,17-20H2,1-5H3,(H,31,35). The van der Waals surface area contributed by atoms with Gasteiger partial charge in [-0.05, 0) is 67.9 Å². The Morgan fingerprint density at radius 3 is 2.12 bits per heavy atom. The topological polar surface area (TPSA) is 133 Å². The third-order valence-electron chi connectivity index (χ3n) is 7.60. The Morgan fingerprint density at radius 1 is 0.884 bits per heavy atom. The number of methoxy groups -OCH3 is 1. The summed E-state index contributed by atoms with van der Waals surface area (Å²) < 4.78 is 58.2. The van der Waals surface area contributed by atoms with Crippen molar-refractivity contribution in [1.29, 1.82) is 0 Å². The van der Waals surface area contributed by atoms with Gasteiger partial charge in [-0.3, -0.25) is 13.9 Å². The molecule has 1 saturated heterocycles. The minimum absolute atomic E-state index is 0.0954. The van der Waals surface area contributed by atoms with Gasteiger partial charge in [-0.2, -0.15) is 4.31 Å². The van der Waals surface area contributed by atoms with Gasteiger partial charge < -0.3 is 15.0 Å². The molecule has 4 rings (SSSR count). The number of rotatable bonds is 9. The third-order valence-corrected chi connectivity index (χ3v) is 10.7. The summed E-state index contributed by atoms with van der Waals surface area (Å²) in [6.45, 7) is 5.09. The SMILES string of the molecule is COC(=O)C(C)(C)c1cccc(N2CCN(S(=O)(=O)c3ccc(NC(=O)c4ccccc4N(C)S(C)(=O)=O)cc3)CC2)c1. The minimum atomic E-state index is -3.79. The molecule has 0 radical (unpaired) electrons. The van der Waals surface area contributed by atoms with E-state index >= 15 is 0 Å². The van der Waals surface area contributed by atoms with Crippen LogP contribution in [0.5, 0.6) is 0 Å². The van der Waals surface area contributed by atoms with Crippen LogP contribution in [0.2, 0.25) is 0 Å². The predicted molar refractivity (Wildman–Crippen MR) is 167 cm³/mol. The number of esters is 1. The van der Waals surface area contributed by atoms with E-state index in [9.17, 15) is 26.4 Å². The van der Waals surface area contributed by atoms with Gasteiger partial charge in [0.25, 0.3) is 5.91 Å². The van der Waals surface area contributed by atoms with Crippen LogP contribution in [0.15, 0.2) is 77.7 Å². The highest BCUT2D eigenvalue weighted by atomic mass is 32.2. The van der Waals surface area contributed by atoms with Crippen molar-refractivity contribution < 1.29 is 31.2 Å². The predicted octanol–water partition coefficient (Wildman–Crippen LogP) is 3.30. The number of anilines is 3. The molecule has 0 aromatic heterocycles. The smallest absolute Gasteiger partial charge is 0.315 e. The largest absolute Gasteiger partial charge is 0.468 e. The Balaban J connectivity index is 1.43. The van der Waals surface area contributed by atoms with E-state index in [1.807, 2.05) is 24.3 Å². The molecule has 3 aromatic carbocycles. The summed E-state index contributed by atoms with van der Waals surface area (Å²) in [5.41, 5.74) is 1.63. The molecule has 1 amide bonds. The maximum atomic E-state index is 13.4. The second kappa shape index (κ2) is 12.3. The summed E-state index contributed by atoms with van der Waals surface area (Å²) in [5.74, 6) is -0.868. The lowest BCUT2D eigenvalue weighted by Gasteiger charge is -2.36. The number of nitrogens with zero attached hydrogens (tertiary/aromatic N) is 3. The molecule has 3 aromatic rings. The van der Waals surface area contributed by atoms with E-state index < -0.39 is 31.4 Å². The average molecular weight is 629 g/mol. The normalized spacial score (nSPS) is 14.7. The van der Waals surface area contributed by atoms with Crippen LogP contribution in [0.3, 0.4) is 0 Å². The van der Waals surface area contributed by atoms with Crippen LogP contribution in [-0.2, 0) is 35.0 Å². The summed E-state index contributed by atoms with van der Waals surface area (Å²) in [7, 11) is -4.65. The summed E-state index contributed by atoms with van der Waals surface area (Å²) in [4.78, 5) is 27.4. The van der Waals surface area contributed by atoms with Crippen LogP contribution in [0.4, 0.5) is 17.1 Å². The van der Waals surface area contributed by atoms with Crippen LogP contribution in [0.25, 0.3) is 0 Å². The van der Waals surface area contributed by atoms with E-state index in [1.54, 1.807) is 26.0 Å². The van der Waals surface area contributed by atoms with Crippen molar-refractivity contribution in [2.75, 3.05) is 61.1 Å². The van der Waals surface area contributed by atoms with Crippen molar-refractivity contribution >= 4 is 49.0 Å². The number of carbonyl (C=O) groups is 2. The molecule has 0 bridgehead atoms. The number of para-hydroxylation sites is 1. The van der Waals surface area contributed by atoms with Gasteiger partial charge in [0.05, 0.1) is 34.9 Å². The van der Waals surface area contributed by atoms with Gasteiger partial charge in [-0.1, -0.05) is 24.3 Å².